The summed E-state index contributed by atoms with van der Waals surface area (Å²) in [6.45, 7) is 0.237. The largest absolute Gasteiger partial charge is 0.326 e. The lowest BCUT2D eigenvalue weighted by molar-refractivity contribution is -0.116. The number of hydrogen-bond acceptors (Lipinski definition) is 5. The molecule has 1 aliphatic heterocycles. The molecular formula is C11H18N4O3S. The van der Waals surface area contributed by atoms with Gasteiger partial charge in [-0.05, 0) is 12.8 Å². The fraction of sp³-hybridized carbons (Fsp3) is 0.636. The summed E-state index contributed by atoms with van der Waals surface area (Å²) in [5.74, 6) is -0.0827. The second kappa shape index (κ2) is 5.30. The average Bonchev–Trinajstić information content (AvgIpc) is 2.68. The Morgan fingerprint density at radius 3 is 2.95 bits per heavy atom. The highest BCUT2D eigenvalue weighted by molar-refractivity contribution is 7.92. The van der Waals surface area contributed by atoms with Crippen molar-refractivity contribution < 1.29 is 13.2 Å². The number of nitrogens with two attached hydrogens (primary N) is 1. The average molecular weight is 286 g/mol. The number of nitrogens with one attached hydrogen (secondary N) is 1. The first kappa shape index (κ1) is 14.0. The van der Waals surface area contributed by atoms with Crippen LogP contribution < -0.4 is 11.1 Å². The van der Waals surface area contributed by atoms with Crippen molar-refractivity contribution in [2.45, 2.75) is 31.1 Å². The molecule has 0 aromatic carbocycles. The van der Waals surface area contributed by atoms with Crippen LogP contribution in [0.1, 0.15) is 24.8 Å². The van der Waals surface area contributed by atoms with Crippen molar-refractivity contribution >= 4 is 21.6 Å². The van der Waals surface area contributed by atoms with E-state index in [1.165, 1.54) is 4.68 Å². The van der Waals surface area contributed by atoms with Gasteiger partial charge in [0.25, 0.3) is 0 Å². The number of carbonyl (C=O) groups excluding carboxylic acids is 1. The summed E-state index contributed by atoms with van der Waals surface area (Å²) < 4.78 is 25.3. The molecule has 0 aliphatic carbocycles. The van der Waals surface area contributed by atoms with Crippen molar-refractivity contribution in [3.63, 3.8) is 0 Å². The Morgan fingerprint density at radius 2 is 2.32 bits per heavy atom. The van der Waals surface area contributed by atoms with Crippen LogP contribution in [0, 0.1) is 0 Å². The maximum absolute atomic E-state index is 12.1. The number of aromatic nitrogens is 2. The number of amides is 1. The van der Waals surface area contributed by atoms with Gasteiger partial charge < -0.3 is 11.1 Å². The van der Waals surface area contributed by atoms with Gasteiger partial charge in [0.1, 0.15) is 5.25 Å². The maximum atomic E-state index is 12.1. The van der Waals surface area contributed by atoms with E-state index in [0.717, 1.165) is 6.42 Å². The molecule has 2 heterocycles. The van der Waals surface area contributed by atoms with E-state index in [0.29, 0.717) is 24.2 Å². The van der Waals surface area contributed by atoms with Gasteiger partial charge in [0.15, 0.2) is 15.7 Å². The molecule has 106 valence electrons. The van der Waals surface area contributed by atoms with Crippen LogP contribution in [-0.2, 0) is 28.2 Å². The van der Waals surface area contributed by atoms with Crippen LogP contribution in [0.15, 0.2) is 6.20 Å². The van der Waals surface area contributed by atoms with Gasteiger partial charge >= 0.3 is 0 Å². The van der Waals surface area contributed by atoms with Crippen molar-refractivity contribution in [1.82, 2.24) is 9.78 Å². The van der Waals surface area contributed by atoms with E-state index >= 15 is 0 Å². The van der Waals surface area contributed by atoms with Gasteiger partial charge in [-0.3, -0.25) is 9.48 Å². The molecule has 3 N–H and O–H groups in total. The minimum Gasteiger partial charge on any atom is -0.326 e. The number of rotatable bonds is 3. The van der Waals surface area contributed by atoms with Gasteiger partial charge in [0.2, 0.25) is 5.91 Å². The number of hydrogen-bond donors (Lipinski definition) is 2. The SMILES string of the molecule is Cn1cc(CN)c(NC(=O)C2CCCCS2(=O)=O)n1. The monoisotopic (exact) mass is 286 g/mol. The van der Waals surface area contributed by atoms with E-state index < -0.39 is 21.0 Å². The second-order valence-electron chi connectivity index (χ2n) is 4.72. The zero-order valence-corrected chi connectivity index (χ0v) is 11.6. The first-order valence-electron chi connectivity index (χ1n) is 6.19. The molecule has 19 heavy (non-hydrogen) atoms. The predicted molar refractivity (Wildman–Crippen MR) is 71.2 cm³/mol. The van der Waals surface area contributed by atoms with Crippen molar-refractivity contribution in [2.75, 3.05) is 11.1 Å². The molecule has 1 saturated heterocycles. The minimum atomic E-state index is -3.33. The lowest BCUT2D eigenvalue weighted by Gasteiger charge is -2.21. The minimum absolute atomic E-state index is 0.0804. The van der Waals surface area contributed by atoms with Gasteiger partial charge in [0.05, 0.1) is 5.75 Å². The normalized spacial score (nSPS) is 22.1. The molecule has 1 atom stereocenters. The molecule has 1 amide bonds. The smallest absolute Gasteiger partial charge is 0.243 e. The third-order valence-corrected chi connectivity index (χ3v) is 5.41. The van der Waals surface area contributed by atoms with Gasteiger partial charge in [-0.15, -0.1) is 0 Å². The topological polar surface area (TPSA) is 107 Å². The van der Waals surface area contributed by atoms with Gasteiger partial charge in [0, 0.05) is 25.4 Å². The first-order valence-corrected chi connectivity index (χ1v) is 7.90. The summed E-state index contributed by atoms with van der Waals surface area (Å²) in [5, 5.41) is 5.69. The zero-order valence-electron chi connectivity index (χ0n) is 10.8. The van der Waals surface area contributed by atoms with Crippen molar-refractivity contribution in [2.24, 2.45) is 12.8 Å². The first-order chi connectivity index (χ1) is 8.94. The number of nitrogens with zero attached hydrogens (tertiary/aromatic N) is 2. The van der Waals surface area contributed by atoms with Crippen molar-refractivity contribution in [3.8, 4) is 0 Å². The van der Waals surface area contributed by atoms with Crippen LogP contribution in [0.5, 0.6) is 0 Å². The summed E-state index contributed by atoms with van der Waals surface area (Å²) in [6.07, 6.45) is 3.46. The van der Waals surface area contributed by atoms with Gasteiger partial charge in [-0.1, -0.05) is 6.42 Å². The highest BCUT2D eigenvalue weighted by atomic mass is 32.2. The van der Waals surface area contributed by atoms with Crippen LogP contribution in [0.25, 0.3) is 0 Å². The van der Waals surface area contributed by atoms with Gasteiger partial charge in [-0.25, -0.2) is 8.42 Å². The summed E-state index contributed by atoms with van der Waals surface area (Å²) >= 11 is 0. The molecule has 1 unspecified atom stereocenters. The van der Waals surface area contributed by atoms with E-state index in [-0.39, 0.29) is 12.3 Å². The van der Waals surface area contributed by atoms with Crippen LogP contribution in [0.2, 0.25) is 0 Å². The molecule has 0 saturated carbocycles. The van der Waals surface area contributed by atoms with Crippen LogP contribution in [-0.4, -0.2) is 35.1 Å². The Labute approximate surface area is 112 Å². The second-order valence-corrected chi connectivity index (χ2v) is 7.02. The molecule has 1 aromatic heterocycles. The van der Waals surface area contributed by atoms with E-state index in [2.05, 4.69) is 10.4 Å². The number of carbonyl (C=O) groups is 1. The lowest BCUT2D eigenvalue weighted by Crippen LogP contribution is -2.39. The van der Waals surface area contributed by atoms with Crippen LogP contribution >= 0.6 is 0 Å². The molecule has 0 radical (unpaired) electrons. The third-order valence-electron chi connectivity index (χ3n) is 3.24. The summed E-state index contributed by atoms with van der Waals surface area (Å²) in [7, 11) is -1.62. The predicted octanol–water partition coefficient (Wildman–Crippen LogP) is -0.215. The highest BCUT2D eigenvalue weighted by Gasteiger charge is 2.35. The van der Waals surface area contributed by atoms with Crippen LogP contribution in [0.4, 0.5) is 5.82 Å². The van der Waals surface area contributed by atoms with E-state index in [9.17, 15) is 13.2 Å². The molecule has 1 aromatic rings. The van der Waals surface area contributed by atoms with Crippen LogP contribution in [0.3, 0.4) is 0 Å². The third kappa shape index (κ3) is 2.95. The van der Waals surface area contributed by atoms with Crippen molar-refractivity contribution in [1.29, 1.82) is 0 Å². The molecule has 1 aliphatic rings. The van der Waals surface area contributed by atoms with E-state index in [4.69, 9.17) is 5.73 Å². The summed E-state index contributed by atoms with van der Waals surface area (Å²) in [5.41, 5.74) is 6.23. The molecule has 7 nitrogen and oxygen atoms in total. The van der Waals surface area contributed by atoms with E-state index in [1.807, 2.05) is 0 Å². The Bertz CT molecular complexity index is 579. The maximum Gasteiger partial charge on any atom is 0.243 e. The van der Waals surface area contributed by atoms with Crippen molar-refractivity contribution in [3.05, 3.63) is 11.8 Å². The fourth-order valence-corrected chi connectivity index (χ4v) is 4.04. The fourth-order valence-electron chi connectivity index (χ4n) is 2.24. The Morgan fingerprint density at radius 1 is 1.58 bits per heavy atom. The standard InChI is InChI=1S/C11H18N4O3S/c1-15-7-8(6-12)10(14-15)13-11(16)9-4-2-3-5-19(9,17)18/h7,9H,2-6,12H2,1H3,(H,13,14,16). The molecular weight excluding hydrogens is 268 g/mol. The number of anilines is 1. The molecule has 8 heteroatoms. The molecule has 1 fully saturated rings. The highest BCUT2D eigenvalue weighted by Crippen LogP contribution is 2.21. The number of sulfone groups is 1. The summed E-state index contributed by atoms with van der Waals surface area (Å²) in [6, 6.07) is 0. The Kier molecular flexibility index (Phi) is 3.91. The lowest BCUT2D eigenvalue weighted by atomic mass is 10.2. The zero-order chi connectivity index (χ0) is 14.0. The quantitative estimate of drug-likeness (QED) is 0.799. The number of aryl methyl sites for hydroxylation is 1. The Hall–Kier alpha value is -1.41. The molecule has 2 rings (SSSR count). The summed E-state index contributed by atoms with van der Waals surface area (Å²) in [4.78, 5) is 12.1. The Balaban J connectivity index is 2.16. The van der Waals surface area contributed by atoms with E-state index in [1.54, 1.807) is 13.2 Å². The molecule has 0 bridgehead atoms. The van der Waals surface area contributed by atoms with Gasteiger partial charge in [-0.2, -0.15) is 5.10 Å². The molecule has 0 spiro atoms.